The van der Waals surface area contributed by atoms with E-state index in [0.717, 1.165) is 0 Å². The van der Waals surface area contributed by atoms with Gasteiger partial charge in [-0.2, -0.15) is 5.26 Å². The molecule has 114 valence electrons. The second-order valence-corrected chi connectivity index (χ2v) is 4.87. The number of nitrogens with zero attached hydrogens (tertiary/aromatic N) is 2. The van der Waals surface area contributed by atoms with E-state index in [0.29, 0.717) is 11.3 Å². The molecule has 0 aromatic heterocycles. The van der Waals surface area contributed by atoms with Crippen LogP contribution in [-0.4, -0.2) is 10.8 Å². The number of hydrogen-bond donors (Lipinski definition) is 1. The summed E-state index contributed by atoms with van der Waals surface area (Å²) in [5.41, 5.74) is 0.410. The predicted molar refractivity (Wildman–Crippen MR) is 86.8 cm³/mol. The normalized spacial score (nSPS) is 10.7. The van der Waals surface area contributed by atoms with Gasteiger partial charge in [0.1, 0.15) is 16.7 Å². The Morgan fingerprint density at radius 3 is 2.57 bits per heavy atom. The Bertz CT molecular complexity index is 826. The molecule has 0 aliphatic carbocycles. The maximum atomic E-state index is 12.1. The average molecular weight is 328 g/mol. The molecule has 1 amide bonds. The molecule has 0 bridgehead atoms. The Balaban J connectivity index is 2.28. The van der Waals surface area contributed by atoms with Crippen molar-refractivity contribution in [2.24, 2.45) is 0 Å². The van der Waals surface area contributed by atoms with Crippen molar-refractivity contribution in [3.8, 4) is 6.07 Å². The quantitative estimate of drug-likeness (QED) is 0.400. The van der Waals surface area contributed by atoms with Crippen molar-refractivity contribution in [3.05, 3.63) is 74.8 Å². The number of nitro groups is 1. The molecule has 0 aliphatic rings. The number of rotatable bonds is 4. The molecule has 2 rings (SSSR count). The Morgan fingerprint density at radius 2 is 1.96 bits per heavy atom. The molecule has 0 saturated carbocycles. The first kappa shape index (κ1) is 16.2. The fraction of sp³-hybridized carbons (Fsp3) is 0. The van der Waals surface area contributed by atoms with Crippen molar-refractivity contribution in [3.63, 3.8) is 0 Å². The van der Waals surface area contributed by atoms with Gasteiger partial charge in [-0.25, -0.2) is 0 Å². The molecule has 0 unspecified atom stereocenters. The summed E-state index contributed by atoms with van der Waals surface area (Å²) in [6, 6.07) is 14.5. The smallest absolute Gasteiger partial charge is 0.288 e. The van der Waals surface area contributed by atoms with Crippen molar-refractivity contribution < 1.29 is 9.72 Å². The third-order valence-electron chi connectivity index (χ3n) is 2.87. The lowest BCUT2D eigenvalue weighted by molar-refractivity contribution is -0.384. The minimum Gasteiger partial charge on any atom is -0.321 e. The molecule has 0 saturated heterocycles. The van der Waals surface area contributed by atoms with Crippen LogP contribution in [0.3, 0.4) is 0 Å². The average Bonchev–Trinajstić information content (AvgIpc) is 2.54. The number of hydrogen-bond acceptors (Lipinski definition) is 4. The summed E-state index contributed by atoms with van der Waals surface area (Å²) in [5, 5.41) is 22.5. The lowest BCUT2D eigenvalue weighted by Gasteiger charge is -2.04. The van der Waals surface area contributed by atoms with E-state index in [4.69, 9.17) is 16.9 Å². The Labute approximate surface area is 136 Å². The van der Waals surface area contributed by atoms with E-state index in [1.54, 1.807) is 36.4 Å². The molecule has 1 N–H and O–H groups in total. The third-order valence-corrected chi connectivity index (χ3v) is 3.19. The number of carbonyl (C=O) groups excluding carboxylic acids is 1. The minimum absolute atomic E-state index is 0.0144. The Hall–Kier alpha value is -3.17. The largest absolute Gasteiger partial charge is 0.321 e. The molecule has 0 radical (unpaired) electrons. The van der Waals surface area contributed by atoms with E-state index < -0.39 is 10.8 Å². The molecule has 0 atom stereocenters. The van der Waals surface area contributed by atoms with E-state index in [1.807, 2.05) is 0 Å². The molecule has 6 nitrogen and oxygen atoms in total. The van der Waals surface area contributed by atoms with Gasteiger partial charge in [0.25, 0.3) is 11.6 Å². The van der Waals surface area contributed by atoms with Crippen LogP contribution in [0.1, 0.15) is 5.56 Å². The van der Waals surface area contributed by atoms with Gasteiger partial charge in [0.15, 0.2) is 0 Å². The third kappa shape index (κ3) is 4.15. The molecular formula is C16H10ClN3O3. The summed E-state index contributed by atoms with van der Waals surface area (Å²) in [6.45, 7) is 0. The van der Waals surface area contributed by atoms with Gasteiger partial charge in [-0.3, -0.25) is 14.9 Å². The number of nitriles is 1. The monoisotopic (exact) mass is 327 g/mol. The fourth-order valence-corrected chi connectivity index (χ4v) is 1.98. The van der Waals surface area contributed by atoms with Gasteiger partial charge in [0.2, 0.25) is 0 Å². The molecular weight excluding hydrogens is 318 g/mol. The summed E-state index contributed by atoms with van der Waals surface area (Å²) >= 11 is 5.72. The zero-order valence-electron chi connectivity index (χ0n) is 11.7. The summed E-state index contributed by atoms with van der Waals surface area (Å²) in [4.78, 5) is 22.3. The zero-order valence-corrected chi connectivity index (χ0v) is 12.4. The van der Waals surface area contributed by atoms with Gasteiger partial charge in [-0.15, -0.1) is 0 Å². The lowest BCUT2D eigenvalue weighted by atomic mass is 10.1. The summed E-state index contributed by atoms with van der Waals surface area (Å²) < 4.78 is 0. The number of anilines is 1. The minimum atomic E-state index is -0.629. The van der Waals surface area contributed by atoms with Gasteiger partial charge >= 0.3 is 0 Å². The maximum Gasteiger partial charge on any atom is 0.288 e. The van der Waals surface area contributed by atoms with Crippen LogP contribution in [0.25, 0.3) is 6.08 Å². The van der Waals surface area contributed by atoms with Crippen LogP contribution in [0.15, 0.2) is 54.1 Å². The van der Waals surface area contributed by atoms with E-state index in [1.165, 1.54) is 24.3 Å². The molecule has 23 heavy (non-hydrogen) atoms. The van der Waals surface area contributed by atoms with Crippen LogP contribution in [0.2, 0.25) is 5.02 Å². The molecule has 2 aromatic carbocycles. The Kier molecular flexibility index (Phi) is 5.07. The number of benzene rings is 2. The van der Waals surface area contributed by atoms with Crippen molar-refractivity contribution in [1.82, 2.24) is 0 Å². The SMILES string of the molecule is N#C/C(=C\c1ccc(Cl)c([N+](=O)[O-])c1)C(=O)Nc1ccccc1. The van der Waals surface area contributed by atoms with Gasteiger partial charge in [0.05, 0.1) is 4.92 Å². The van der Waals surface area contributed by atoms with Crippen LogP contribution in [0.4, 0.5) is 11.4 Å². The standard InChI is InChI=1S/C16H10ClN3O3/c17-14-7-6-11(9-15(14)20(22)23)8-12(10-18)16(21)19-13-4-2-1-3-5-13/h1-9H,(H,19,21)/b12-8+. The lowest BCUT2D eigenvalue weighted by Crippen LogP contribution is -2.13. The summed E-state index contributed by atoms with van der Waals surface area (Å²) in [5.74, 6) is -0.601. The number of nitrogens with one attached hydrogen (secondary N) is 1. The number of carbonyl (C=O) groups is 1. The van der Waals surface area contributed by atoms with Gasteiger partial charge in [0, 0.05) is 11.8 Å². The first-order valence-electron chi connectivity index (χ1n) is 6.43. The second-order valence-electron chi connectivity index (χ2n) is 4.46. The van der Waals surface area contributed by atoms with Gasteiger partial charge in [-0.05, 0) is 29.8 Å². The van der Waals surface area contributed by atoms with Crippen LogP contribution in [0, 0.1) is 21.4 Å². The fourth-order valence-electron chi connectivity index (χ4n) is 1.79. The van der Waals surface area contributed by atoms with Crippen LogP contribution < -0.4 is 5.32 Å². The van der Waals surface area contributed by atoms with Gasteiger partial charge < -0.3 is 5.32 Å². The molecule has 0 heterocycles. The Morgan fingerprint density at radius 1 is 1.26 bits per heavy atom. The first-order chi connectivity index (χ1) is 11.0. The van der Waals surface area contributed by atoms with E-state index >= 15 is 0 Å². The number of amides is 1. The molecule has 0 spiro atoms. The van der Waals surface area contributed by atoms with Crippen molar-refractivity contribution >= 4 is 35.0 Å². The highest BCUT2D eigenvalue weighted by Crippen LogP contribution is 2.26. The molecule has 0 fully saturated rings. The van der Waals surface area contributed by atoms with Crippen molar-refractivity contribution in [1.29, 1.82) is 5.26 Å². The number of nitro benzene ring substituents is 1. The van der Waals surface area contributed by atoms with Crippen molar-refractivity contribution in [2.75, 3.05) is 5.32 Å². The van der Waals surface area contributed by atoms with E-state index in [9.17, 15) is 14.9 Å². The van der Waals surface area contributed by atoms with Crippen LogP contribution in [-0.2, 0) is 4.79 Å². The number of halogens is 1. The summed E-state index contributed by atoms with van der Waals surface area (Å²) in [6.07, 6.45) is 1.27. The topological polar surface area (TPSA) is 96.0 Å². The second kappa shape index (κ2) is 7.20. The number of para-hydroxylation sites is 1. The highest BCUT2D eigenvalue weighted by molar-refractivity contribution is 6.32. The maximum absolute atomic E-state index is 12.1. The van der Waals surface area contributed by atoms with Crippen LogP contribution in [0.5, 0.6) is 0 Å². The zero-order chi connectivity index (χ0) is 16.8. The van der Waals surface area contributed by atoms with Crippen LogP contribution >= 0.6 is 11.6 Å². The van der Waals surface area contributed by atoms with Crippen molar-refractivity contribution in [2.45, 2.75) is 0 Å². The molecule has 0 aliphatic heterocycles. The molecule has 7 heteroatoms. The summed E-state index contributed by atoms with van der Waals surface area (Å²) in [7, 11) is 0. The van der Waals surface area contributed by atoms with E-state index in [-0.39, 0.29) is 16.3 Å². The van der Waals surface area contributed by atoms with Gasteiger partial charge in [-0.1, -0.05) is 35.9 Å². The highest BCUT2D eigenvalue weighted by Gasteiger charge is 2.14. The first-order valence-corrected chi connectivity index (χ1v) is 6.81. The molecule has 2 aromatic rings. The van der Waals surface area contributed by atoms with E-state index in [2.05, 4.69) is 5.32 Å². The highest BCUT2D eigenvalue weighted by atomic mass is 35.5. The predicted octanol–water partition coefficient (Wildman–Crippen LogP) is 3.79.